The molecule has 23 heavy (non-hydrogen) atoms. The lowest BCUT2D eigenvalue weighted by molar-refractivity contribution is -0.124. The minimum absolute atomic E-state index is 0.485. The van der Waals surface area contributed by atoms with Crippen molar-refractivity contribution in [2.75, 3.05) is 6.61 Å². The van der Waals surface area contributed by atoms with E-state index in [2.05, 4.69) is 6.92 Å². The third kappa shape index (κ3) is 7.37. The van der Waals surface area contributed by atoms with Crippen LogP contribution in [0.2, 0.25) is 0 Å². The molecule has 0 amide bonds. The molecule has 3 atom stereocenters. The standard InChI is InChI=1S/C21H38O2/c1-2-3-4-5-6-7-8-9-10-15-23-21-14-12-18-16-20(22)13-11-19(18)17-21/h18-19,21H,2-17H2,1H3. The van der Waals surface area contributed by atoms with Gasteiger partial charge in [-0.15, -0.1) is 0 Å². The van der Waals surface area contributed by atoms with Crippen LogP contribution >= 0.6 is 0 Å². The molecule has 0 heterocycles. The van der Waals surface area contributed by atoms with Crippen LogP contribution in [0.1, 0.15) is 103 Å². The zero-order valence-electron chi connectivity index (χ0n) is 15.4. The van der Waals surface area contributed by atoms with Crippen LogP contribution in [-0.4, -0.2) is 18.5 Å². The summed E-state index contributed by atoms with van der Waals surface area (Å²) in [4.78, 5) is 11.5. The molecule has 2 fully saturated rings. The molecule has 2 heteroatoms. The molecule has 0 aromatic heterocycles. The van der Waals surface area contributed by atoms with Gasteiger partial charge in [-0.3, -0.25) is 4.79 Å². The Morgan fingerprint density at radius 1 is 0.870 bits per heavy atom. The van der Waals surface area contributed by atoms with Gasteiger partial charge in [0.05, 0.1) is 6.10 Å². The van der Waals surface area contributed by atoms with E-state index >= 15 is 0 Å². The first kappa shape index (κ1) is 19.0. The van der Waals surface area contributed by atoms with Crippen molar-refractivity contribution in [1.82, 2.24) is 0 Å². The largest absolute Gasteiger partial charge is 0.378 e. The number of rotatable bonds is 11. The van der Waals surface area contributed by atoms with Crippen LogP contribution in [0.5, 0.6) is 0 Å². The molecule has 2 aliphatic rings. The molecule has 0 radical (unpaired) electrons. The Balaban J connectivity index is 1.42. The summed E-state index contributed by atoms with van der Waals surface area (Å²) in [5.41, 5.74) is 0. The van der Waals surface area contributed by atoms with Crippen molar-refractivity contribution >= 4 is 5.78 Å². The summed E-state index contributed by atoms with van der Waals surface area (Å²) in [5, 5.41) is 0. The predicted molar refractivity (Wildman–Crippen MR) is 96.7 cm³/mol. The van der Waals surface area contributed by atoms with Gasteiger partial charge in [0.15, 0.2) is 0 Å². The lowest BCUT2D eigenvalue weighted by atomic mass is 9.70. The van der Waals surface area contributed by atoms with Crippen LogP contribution in [0, 0.1) is 11.8 Å². The van der Waals surface area contributed by atoms with E-state index in [1.807, 2.05) is 0 Å². The molecule has 0 spiro atoms. The van der Waals surface area contributed by atoms with Gasteiger partial charge in [0, 0.05) is 19.4 Å². The number of ether oxygens (including phenoxy) is 1. The van der Waals surface area contributed by atoms with E-state index in [-0.39, 0.29) is 0 Å². The van der Waals surface area contributed by atoms with Gasteiger partial charge < -0.3 is 4.74 Å². The van der Waals surface area contributed by atoms with E-state index in [0.29, 0.717) is 17.8 Å². The zero-order valence-corrected chi connectivity index (χ0v) is 15.4. The molecule has 2 rings (SSSR count). The van der Waals surface area contributed by atoms with Gasteiger partial charge in [-0.25, -0.2) is 0 Å². The number of carbonyl (C=O) groups excluding carboxylic acids is 1. The lowest BCUT2D eigenvalue weighted by Crippen LogP contribution is -2.34. The van der Waals surface area contributed by atoms with Crippen molar-refractivity contribution in [3.8, 4) is 0 Å². The van der Waals surface area contributed by atoms with E-state index in [1.54, 1.807) is 0 Å². The highest BCUT2D eigenvalue weighted by Gasteiger charge is 2.35. The van der Waals surface area contributed by atoms with Crippen LogP contribution in [0.4, 0.5) is 0 Å². The van der Waals surface area contributed by atoms with Gasteiger partial charge in [0.25, 0.3) is 0 Å². The summed E-state index contributed by atoms with van der Waals surface area (Å²) in [6.07, 6.45) is 19.3. The third-order valence-electron chi connectivity index (χ3n) is 5.98. The smallest absolute Gasteiger partial charge is 0.133 e. The van der Waals surface area contributed by atoms with Gasteiger partial charge in [0.2, 0.25) is 0 Å². The van der Waals surface area contributed by atoms with Crippen molar-refractivity contribution in [2.24, 2.45) is 11.8 Å². The minimum atomic E-state index is 0.485. The monoisotopic (exact) mass is 322 g/mol. The van der Waals surface area contributed by atoms with Crippen molar-refractivity contribution in [3.05, 3.63) is 0 Å². The molecule has 2 saturated carbocycles. The number of fused-ring (bicyclic) bond motifs is 1. The Kier molecular flexibility index (Phi) is 9.26. The van der Waals surface area contributed by atoms with Gasteiger partial charge in [-0.1, -0.05) is 58.3 Å². The summed E-state index contributed by atoms with van der Waals surface area (Å²) in [7, 11) is 0. The van der Waals surface area contributed by atoms with Gasteiger partial charge in [-0.2, -0.15) is 0 Å². The van der Waals surface area contributed by atoms with E-state index in [1.165, 1.54) is 77.0 Å². The zero-order chi connectivity index (χ0) is 16.3. The molecule has 0 saturated heterocycles. The number of carbonyl (C=O) groups is 1. The predicted octanol–water partition coefficient (Wildman–Crippen LogP) is 6.07. The topological polar surface area (TPSA) is 26.3 Å². The van der Waals surface area contributed by atoms with E-state index in [4.69, 9.17) is 4.74 Å². The van der Waals surface area contributed by atoms with Crippen LogP contribution in [0.25, 0.3) is 0 Å². The highest BCUT2D eigenvalue weighted by molar-refractivity contribution is 5.79. The fourth-order valence-electron chi connectivity index (χ4n) is 4.46. The lowest BCUT2D eigenvalue weighted by Gasteiger charge is -2.38. The van der Waals surface area contributed by atoms with E-state index < -0.39 is 0 Å². The average Bonchev–Trinajstić information content (AvgIpc) is 2.56. The molecule has 134 valence electrons. The Morgan fingerprint density at radius 2 is 1.57 bits per heavy atom. The summed E-state index contributed by atoms with van der Waals surface area (Å²) in [6.45, 7) is 3.23. The maximum Gasteiger partial charge on any atom is 0.133 e. The van der Waals surface area contributed by atoms with Crippen LogP contribution in [0.3, 0.4) is 0 Å². The molecular formula is C21H38O2. The maximum absolute atomic E-state index is 11.5. The average molecular weight is 323 g/mol. The van der Waals surface area contributed by atoms with Crippen LogP contribution in [-0.2, 0) is 9.53 Å². The van der Waals surface area contributed by atoms with Crippen molar-refractivity contribution in [2.45, 2.75) is 109 Å². The summed E-state index contributed by atoms with van der Waals surface area (Å²) in [5.74, 6) is 1.96. The molecule has 0 aromatic carbocycles. The molecule has 0 aliphatic heterocycles. The molecule has 0 bridgehead atoms. The second-order valence-corrected chi connectivity index (χ2v) is 7.94. The number of hydrogen-bond donors (Lipinski definition) is 0. The molecular weight excluding hydrogens is 284 g/mol. The van der Waals surface area contributed by atoms with Gasteiger partial charge >= 0.3 is 0 Å². The normalized spacial score (nSPS) is 27.9. The minimum Gasteiger partial charge on any atom is -0.378 e. The fraction of sp³-hybridized carbons (Fsp3) is 0.952. The van der Waals surface area contributed by atoms with Crippen LogP contribution < -0.4 is 0 Å². The maximum atomic E-state index is 11.5. The molecule has 3 unspecified atom stereocenters. The molecule has 0 N–H and O–H groups in total. The fourth-order valence-corrected chi connectivity index (χ4v) is 4.46. The number of hydrogen-bond acceptors (Lipinski definition) is 2. The van der Waals surface area contributed by atoms with Crippen molar-refractivity contribution in [1.29, 1.82) is 0 Å². The Hall–Kier alpha value is -0.370. The quantitative estimate of drug-likeness (QED) is 0.431. The van der Waals surface area contributed by atoms with Crippen molar-refractivity contribution in [3.63, 3.8) is 0 Å². The second kappa shape index (κ2) is 11.2. The number of unbranched alkanes of at least 4 members (excludes halogenated alkanes) is 8. The number of Topliss-reactive ketones (excluding diaryl/α,β-unsaturated/α-hetero) is 1. The highest BCUT2D eigenvalue weighted by atomic mass is 16.5. The SMILES string of the molecule is CCCCCCCCCCCOC1CCC2CC(=O)CCC2C1. The van der Waals surface area contributed by atoms with E-state index in [0.717, 1.165) is 31.8 Å². The van der Waals surface area contributed by atoms with E-state index in [9.17, 15) is 4.79 Å². The first-order valence-corrected chi connectivity index (χ1v) is 10.4. The second-order valence-electron chi connectivity index (χ2n) is 7.94. The van der Waals surface area contributed by atoms with Crippen molar-refractivity contribution < 1.29 is 9.53 Å². The Bertz CT molecular complexity index is 326. The molecule has 2 aliphatic carbocycles. The molecule has 0 aromatic rings. The summed E-state index contributed by atoms with van der Waals surface area (Å²) in [6, 6.07) is 0. The number of ketones is 1. The summed E-state index contributed by atoms with van der Waals surface area (Å²) >= 11 is 0. The first-order valence-electron chi connectivity index (χ1n) is 10.4. The molecule has 2 nitrogen and oxygen atoms in total. The third-order valence-corrected chi connectivity index (χ3v) is 5.98. The van der Waals surface area contributed by atoms with Gasteiger partial charge in [-0.05, 0) is 43.9 Å². The first-order chi connectivity index (χ1) is 11.3. The Labute approximate surface area is 143 Å². The summed E-state index contributed by atoms with van der Waals surface area (Å²) < 4.78 is 6.13. The Morgan fingerprint density at radius 3 is 2.30 bits per heavy atom. The highest BCUT2D eigenvalue weighted by Crippen LogP contribution is 2.40. The van der Waals surface area contributed by atoms with Gasteiger partial charge in [0.1, 0.15) is 5.78 Å². The van der Waals surface area contributed by atoms with Crippen LogP contribution in [0.15, 0.2) is 0 Å².